The van der Waals surface area contributed by atoms with Crippen molar-refractivity contribution in [2.75, 3.05) is 7.11 Å². The average Bonchev–Trinajstić information content (AvgIpc) is 2.82. The average molecular weight is 352 g/mol. The highest BCUT2D eigenvalue weighted by Crippen LogP contribution is 2.32. The summed E-state index contributed by atoms with van der Waals surface area (Å²) in [6.45, 7) is 5.32. The number of carbonyl (C=O) groups is 2. The third-order valence-corrected chi connectivity index (χ3v) is 5.20. The first-order valence-corrected chi connectivity index (χ1v) is 8.35. The van der Waals surface area contributed by atoms with Crippen molar-refractivity contribution in [2.45, 2.75) is 30.9 Å². The number of rotatable bonds is 5. The van der Waals surface area contributed by atoms with Crippen LogP contribution in [0.4, 0.5) is 0 Å². The molecule has 1 N–H and O–H groups in total. The van der Waals surface area contributed by atoms with Gasteiger partial charge in [-0.05, 0) is 38.5 Å². The number of halogens is 1. The minimum atomic E-state index is -0.443. The SMILES string of the molecule is COC(=O)c1c(C)[nH]c(C(=O)[C@H](C)Sc2ccccc2Cl)c1C. The molecule has 0 fully saturated rings. The Morgan fingerprint density at radius 1 is 1.26 bits per heavy atom. The normalized spacial score (nSPS) is 12.0. The highest BCUT2D eigenvalue weighted by molar-refractivity contribution is 8.00. The van der Waals surface area contributed by atoms with Gasteiger partial charge in [0, 0.05) is 10.6 Å². The Morgan fingerprint density at radius 2 is 1.91 bits per heavy atom. The van der Waals surface area contributed by atoms with Crippen molar-refractivity contribution < 1.29 is 14.3 Å². The van der Waals surface area contributed by atoms with E-state index in [1.54, 1.807) is 19.9 Å². The van der Waals surface area contributed by atoms with Gasteiger partial charge in [-0.2, -0.15) is 0 Å². The molecular weight excluding hydrogens is 334 g/mol. The van der Waals surface area contributed by atoms with E-state index >= 15 is 0 Å². The van der Waals surface area contributed by atoms with Crippen LogP contribution in [-0.2, 0) is 4.74 Å². The number of nitrogens with one attached hydrogen (secondary N) is 1. The number of aryl methyl sites for hydroxylation is 1. The monoisotopic (exact) mass is 351 g/mol. The zero-order valence-corrected chi connectivity index (χ0v) is 15.0. The lowest BCUT2D eigenvalue weighted by Gasteiger charge is -2.11. The maximum absolute atomic E-state index is 12.7. The van der Waals surface area contributed by atoms with E-state index in [0.717, 1.165) is 4.90 Å². The molecule has 1 aromatic carbocycles. The zero-order chi connectivity index (χ0) is 17.1. The molecular formula is C17H18ClNO3S. The Labute approximate surface area is 144 Å². The highest BCUT2D eigenvalue weighted by atomic mass is 35.5. The van der Waals surface area contributed by atoms with Crippen LogP contribution >= 0.6 is 23.4 Å². The van der Waals surface area contributed by atoms with Crippen molar-refractivity contribution >= 4 is 35.1 Å². The molecule has 2 aromatic rings. The molecule has 2 rings (SSSR count). The van der Waals surface area contributed by atoms with Gasteiger partial charge in [0.1, 0.15) is 0 Å². The maximum atomic E-state index is 12.7. The molecule has 0 aliphatic carbocycles. The van der Waals surface area contributed by atoms with Crippen LogP contribution in [-0.4, -0.2) is 29.1 Å². The molecule has 0 aliphatic rings. The summed E-state index contributed by atoms with van der Waals surface area (Å²) in [4.78, 5) is 28.4. The van der Waals surface area contributed by atoms with Crippen molar-refractivity contribution in [2.24, 2.45) is 0 Å². The van der Waals surface area contributed by atoms with Crippen LogP contribution in [0.1, 0.15) is 39.0 Å². The molecule has 6 heteroatoms. The number of Topliss-reactive ketones (excluding diaryl/α,β-unsaturated/α-hetero) is 1. The molecule has 1 aromatic heterocycles. The predicted octanol–water partition coefficient (Wildman–Crippen LogP) is 4.44. The van der Waals surface area contributed by atoms with Gasteiger partial charge in [0.25, 0.3) is 0 Å². The fourth-order valence-electron chi connectivity index (χ4n) is 2.39. The van der Waals surface area contributed by atoms with Gasteiger partial charge in [0.2, 0.25) is 0 Å². The Morgan fingerprint density at radius 3 is 2.52 bits per heavy atom. The number of hydrogen-bond donors (Lipinski definition) is 1. The van der Waals surface area contributed by atoms with E-state index in [4.69, 9.17) is 16.3 Å². The molecule has 0 unspecified atom stereocenters. The molecule has 0 aliphatic heterocycles. The van der Waals surface area contributed by atoms with Crippen LogP contribution in [0.5, 0.6) is 0 Å². The van der Waals surface area contributed by atoms with Crippen molar-refractivity contribution in [3.05, 3.63) is 51.8 Å². The summed E-state index contributed by atoms with van der Waals surface area (Å²) in [5, 5.41) is 0.281. The second-order valence-corrected chi connectivity index (χ2v) is 6.96. The lowest BCUT2D eigenvalue weighted by atomic mass is 10.1. The minimum absolute atomic E-state index is 0.0781. The molecule has 0 radical (unpaired) electrons. The van der Waals surface area contributed by atoms with E-state index in [9.17, 15) is 9.59 Å². The van der Waals surface area contributed by atoms with Crippen molar-refractivity contribution in [3.8, 4) is 0 Å². The first-order chi connectivity index (χ1) is 10.9. The van der Waals surface area contributed by atoms with Crippen LogP contribution in [0.2, 0.25) is 5.02 Å². The van der Waals surface area contributed by atoms with E-state index < -0.39 is 5.97 Å². The Balaban J connectivity index is 2.27. The number of ketones is 1. The third-order valence-electron chi connectivity index (χ3n) is 3.58. The Kier molecular flexibility index (Phi) is 5.55. The molecule has 1 heterocycles. The summed E-state index contributed by atoms with van der Waals surface area (Å²) in [5.74, 6) is -0.521. The summed E-state index contributed by atoms with van der Waals surface area (Å²) >= 11 is 7.53. The lowest BCUT2D eigenvalue weighted by molar-refractivity contribution is 0.0599. The number of H-pyrrole nitrogens is 1. The second kappa shape index (κ2) is 7.23. The third kappa shape index (κ3) is 3.62. The predicted molar refractivity (Wildman–Crippen MR) is 92.7 cm³/mol. The number of methoxy groups -OCH3 is 1. The summed E-state index contributed by atoms with van der Waals surface area (Å²) in [5.41, 5.74) is 2.11. The Bertz CT molecular complexity index is 754. The second-order valence-electron chi connectivity index (χ2n) is 5.17. The zero-order valence-electron chi connectivity index (χ0n) is 13.4. The summed E-state index contributed by atoms with van der Waals surface area (Å²) < 4.78 is 4.77. The quantitative estimate of drug-likeness (QED) is 0.491. The number of carbonyl (C=O) groups excluding carboxylic acids is 2. The van der Waals surface area contributed by atoms with E-state index in [1.807, 2.05) is 25.1 Å². The topological polar surface area (TPSA) is 59.2 Å². The van der Waals surface area contributed by atoms with E-state index in [2.05, 4.69) is 4.98 Å². The molecule has 0 amide bonds. The Hall–Kier alpha value is -1.72. The van der Waals surface area contributed by atoms with Crippen LogP contribution in [0.3, 0.4) is 0 Å². The van der Waals surface area contributed by atoms with Gasteiger partial charge in [-0.3, -0.25) is 4.79 Å². The van der Waals surface area contributed by atoms with Gasteiger partial charge in [-0.25, -0.2) is 4.79 Å². The number of ether oxygens (including phenoxy) is 1. The van der Waals surface area contributed by atoms with Crippen molar-refractivity contribution in [1.82, 2.24) is 4.98 Å². The van der Waals surface area contributed by atoms with Gasteiger partial charge in [-0.15, -0.1) is 11.8 Å². The first-order valence-electron chi connectivity index (χ1n) is 7.09. The smallest absolute Gasteiger partial charge is 0.339 e. The van der Waals surface area contributed by atoms with Crippen LogP contribution in [0.25, 0.3) is 0 Å². The molecule has 0 bridgehead atoms. The molecule has 0 spiro atoms. The molecule has 122 valence electrons. The van der Waals surface area contributed by atoms with E-state index in [0.29, 0.717) is 27.5 Å². The summed E-state index contributed by atoms with van der Waals surface area (Å²) in [6, 6.07) is 7.40. The number of aromatic amines is 1. The van der Waals surface area contributed by atoms with Gasteiger partial charge in [0.05, 0.1) is 28.6 Å². The van der Waals surface area contributed by atoms with Gasteiger partial charge >= 0.3 is 5.97 Å². The molecule has 23 heavy (non-hydrogen) atoms. The number of aromatic nitrogens is 1. The van der Waals surface area contributed by atoms with Gasteiger partial charge < -0.3 is 9.72 Å². The molecule has 0 saturated heterocycles. The van der Waals surface area contributed by atoms with E-state index in [-0.39, 0.29) is 11.0 Å². The van der Waals surface area contributed by atoms with Crippen molar-refractivity contribution in [1.29, 1.82) is 0 Å². The maximum Gasteiger partial charge on any atom is 0.339 e. The highest BCUT2D eigenvalue weighted by Gasteiger charge is 2.26. The standard InChI is InChI=1S/C17H18ClNO3S/c1-9-14(17(21)22-4)10(2)19-15(9)16(20)11(3)23-13-8-6-5-7-12(13)18/h5-8,11,19H,1-4H3/t11-/m0/s1. The lowest BCUT2D eigenvalue weighted by Crippen LogP contribution is -2.15. The molecule has 0 saturated carbocycles. The summed E-state index contributed by atoms with van der Waals surface area (Å²) in [7, 11) is 1.32. The number of hydrogen-bond acceptors (Lipinski definition) is 4. The van der Waals surface area contributed by atoms with E-state index in [1.165, 1.54) is 18.9 Å². The summed E-state index contributed by atoms with van der Waals surface area (Å²) in [6.07, 6.45) is 0. The molecule has 1 atom stereocenters. The minimum Gasteiger partial charge on any atom is -0.465 e. The van der Waals surface area contributed by atoms with Gasteiger partial charge in [0.15, 0.2) is 5.78 Å². The fraction of sp³-hybridized carbons (Fsp3) is 0.294. The van der Waals surface area contributed by atoms with Crippen LogP contribution in [0.15, 0.2) is 29.2 Å². The largest absolute Gasteiger partial charge is 0.465 e. The number of benzene rings is 1. The first kappa shape index (κ1) is 17.6. The molecule has 4 nitrogen and oxygen atoms in total. The number of esters is 1. The van der Waals surface area contributed by atoms with Crippen LogP contribution < -0.4 is 0 Å². The number of thioether (sulfide) groups is 1. The van der Waals surface area contributed by atoms with Crippen LogP contribution in [0, 0.1) is 13.8 Å². The fourth-order valence-corrected chi connectivity index (χ4v) is 3.61. The van der Waals surface area contributed by atoms with Crippen molar-refractivity contribution in [3.63, 3.8) is 0 Å². The van der Waals surface area contributed by atoms with Gasteiger partial charge in [-0.1, -0.05) is 23.7 Å².